The second-order valence-corrected chi connectivity index (χ2v) is 4.61. The van der Waals surface area contributed by atoms with Crippen LogP contribution in [0.2, 0.25) is 0 Å². The fourth-order valence-electron chi connectivity index (χ4n) is 2.22. The lowest BCUT2D eigenvalue weighted by Gasteiger charge is -2.05. The van der Waals surface area contributed by atoms with Crippen molar-refractivity contribution < 1.29 is 18.3 Å². The Morgan fingerprint density at radius 1 is 1.14 bits per heavy atom. The molecular weight excluding hydrogens is 290 g/mol. The standard InChI is InChI=1S/C16H12F2N2O2/c1-2-22-16(21)15-14(10-3-5-11(17)6-4-10)19-13-8-7-12(18)9-20(13)15/h3-9H,2H2,1H3. The predicted molar refractivity (Wildman–Crippen MR) is 76.5 cm³/mol. The van der Waals surface area contributed by atoms with Crippen LogP contribution >= 0.6 is 0 Å². The maximum absolute atomic E-state index is 13.5. The van der Waals surface area contributed by atoms with E-state index in [1.807, 2.05) is 0 Å². The van der Waals surface area contributed by atoms with Crippen LogP contribution in [0.15, 0.2) is 42.6 Å². The molecule has 0 fully saturated rings. The molecular formula is C16H12F2N2O2. The van der Waals surface area contributed by atoms with Crippen LogP contribution in [0.3, 0.4) is 0 Å². The lowest BCUT2D eigenvalue weighted by atomic mass is 10.1. The van der Waals surface area contributed by atoms with Crippen LogP contribution in [-0.4, -0.2) is 22.0 Å². The van der Waals surface area contributed by atoms with E-state index in [2.05, 4.69) is 4.98 Å². The van der Waals surface area contributed by atoms with Gasteiger partial charge in [0.15, 0.2) is 5.69 Å². The number of hydrogen-bond acceptors (Lipinski definition) is 3. The number of nitrogens with zero attached hydrogens (tertiary/aromatic N) is 2. The highest BCUT2D eigenvalue weighted by Crippen LogP contribution is 2.25. The molecule has 112 valence electrons. The molecule has 0 aliphatic rings. The Bertz CT molecular complexity index is 841. The number of pyridine rings is 1. The zero-order valence-corrected chi connectivity index (χ0v) is 11.7. The van der Waals surface area contributed by atoms with Crippen molar-refractivity contribution in [3.8, 4) is 11.3 Å². The number of hydrogen-bond donors (Lipinski definition) is 0. The molecule has 0 unspecified atom stereocenters. The molecule has 1 aromatic carbocycles. The summed E-state index contributed by atoms with van der Waals surface area (Å²) < 4.78 is 32.9. The van der Waals surface area contributed by atoms with Gasteiger partial charge in [0.25, 0.3) is 0 Å². The Kier molecular flexibility index (Phi) is 3.58. The minimum absolute atomic E-state index is 0.114. The second kappa shape index (κ2) is 5.55. The molecule has 3 aromatic rings. The van der Waals surface area contributed by atoms with E-state index in [0.717, 1.165) is 0 Å². The van der Waals surface area contributed by atoms with Crippen molar-refractivity contribution in [1.29, 1.82) is 0 Å². The molecule has 0 bridgehead atoms. The molecule has 0 radical (unpaired) electrons. The van der Waals surface area contributed by atoms with Gasteiger partial charge < -0.3 is 4.74 Å². The number of ether oxygens (including phenoxy) is 1. The normalized spacial score (nSPS) is 10.9. The van der Waals surface area contributed by atoms with E-state index in [9.17, 15) is 13.6 Å². The van der Waals surface area contributed by atoms with Crippen LogP contribution in [-0.2, 0) is 4.74 Å². The van der Waals surface area contributed by atoms with E-state index in [-0.39, 0.29) is 12.3 Å². The Labute approximate surface area is 125 Å². The molecule has 0 saturated heterocycles. The van der Waals surface area contributed by atoms with Gasteiger partial charge in [-0.1, -0.05) is 0 Å². The van der Waals surface area contributed by atoms with E-state index in [4.69, 9.17) is 4.74 Å². The van der Waals surface area contributed by atoms with Crippen LogP contribution in [0.25, 0.3) is 16.9 Å². The minimum Gasteiger partial charge on any atom is -0.461 e. The van der Waals surface area contributed by atoms with E-state index in [1.54, 1.807) is 6.92 Å². The van der Waals surface area contributed by atoms with Crippen molar-refractivity contribution in [2.24, 2.45) is 0 Å². The van der Waals surface area contributed by atoms with Crippen molar-refractivity contribution >= 4 is 11.6 Å². The molecule has 0 spiro atoms. The molecule has 22 heavy (non-hydrogen) atoms. The highest BCUT2D eigenvalue weighted by atomic mass is 19.1. The smallest absolute Gasteiger partial charge is 0.357 e. The molecule has 6 heteroatoms. The first-order chi connectivity index (χ1) is 10.6. The third-order valence-electron chi connectivity index (χ3n) is 3.17. The van der Waals surface area contributed by atoms with Gasteiger partial charge in [0.05, 0.1) is 6.61 Å². The first-order valence-corrected chi connectivity index (χ1v) is 6.71. The van der Waals surface area contributed by atoms with Crippen molar-refractivity contribution in [1.82, 2.24) is 9.38 Å². The SMILES string of the molecule is CCOC(=O)c1c(-c2ccc(F)cc2)nc2ccc(F)cn12. The molecule has 0 aliphatic carbocycles. The number of benzene rings is 1. The number of halogens is 2. The van der Waals surface area contributed by atoms with Gasteiger partial charge in [0, 0.05) is 11.8 Å². The summed E-state index contributed by atoms with van der Waals surface area (Å²) in [6.45, 7) is 1.86. The van der Waals surface area contributed by atoms with E-state index < -0.39 is 17.6 Å². The fourth-order valence-corrected chi connectivity index (χ4v) is 2.22. The molecule has 0 N–H and O–H groups in total. The van der Waals surface area contributed by atoms with Crippen molar-refractivity contribution in [3.63, 3.8) is 0 Å². The summed E-state index contributed by atoms with van der Waals surface area (Å²) in [5, 5.41) is 0. The lowest BCUT2D eigenvalue weighted by molar-refractivity contribution is 0.0519. The molecule has 0 saturated carbocycles. The molecule has 4 nitrogen and oxygen atoms in total. The fraction of sp³-hybridized carbons (Fsp3) is 0.125. The molecule has 3 rings (SSSR count). The second-order valence-electron chi connectivity index (χ2n) is 4.61. The summed E-state index contributed by atoms with van der Waals surface area (Å²) in [5.74, 6) is -1.50. The topological polar surface area (TPSA) is 43.6 Å². The average Bonchev–Trinajstić information content (AvgIpc) is 2.86. The van der Waals surface area contributed by atoms with Crippen LogP contribution in [0.4, 0.5) is 8.78 Å². The Balaban J connectivity index is 2.26. The largest absolute Gasteiger partial charge is 0.461 e. The zero-order chi connectivity index (χ0) is 15.7. The van der Waals surface area contributed by atoms with Gasteiger partial charge in [-0.25, -0.2) is 18.6 Å². The number of carbonyl (C=O) groups is 1. The molecule has 2 heterocycles. The van der Waals surface area contributed by atoms with Gasteiger partial charge in [0.2, 0.25) is 0 Å². The third kappa shape index (κ3) is 2.43. The van der Waals surface area contributed by atoms with Crippen LogP contribution in [0.5, 0.6) is 0 Å². The van der Waals surface area contributed by atoms with Gasteiger partial charge in [-0.15, -0.1) is 0 Å². The summed E-state index contributed by atoms with van der Waals surface area (Å²) in [6.07, 6.45) is 1.17. The summed E-state index contributed by atoms with van der Waals surface area (Å²) in [5.41, 5.74) is 1.39. The first-order valence-electron chi connectivity index (χ1n) is 6.71. The molecule has 2 aromatic heterocycles. The van der Waals surface area contributed by atoms with Crippen LogP contribution in [0.1, 0.15) is 17.4 Å². The number of fused-ring (bicyclic) bond motifs is 1. The van der Waals surface area contributed by atoms with Crippen LogP contribution in [0, 0.1) is 11.6 Å². The van der Waals surface area contributed by atoms with Gasteiger partial charge >= 0.3 is 5.97 Å². The van der Waals surface area contributed by atoms with Gasteiger partial charge in [0.1, 0.15) is 23.0 Å². The highest BCUT2D eigenvalue weighted by molar-refractivity contribution is 5.96. The van der Waals surface area contributed by atoms with Gasteiger partial charge in [-0.3, -0.25) is 4.40 Å². The minimum atomic E-state index is -0.611. The monoisotopic (exact) mass is 302 g/mol. The highest BCUT2D eigenvalue weighted by Gasteiger charge is 2.22. The Morgan fingerprint density at radius 3 is 2.50 bits per heavy atom. The van der Waals surface area contributed by atoms with Crippen molar-refractivity contribution in [2.45, 2.75) is 6.92 Å². The summed E-state index contributed by atoms with van der Waals surface area (Å²) in [4.78, 5) is 16.5. The number of aromatic nitrogens is 2. The summed E-state index contributed by atoms with van der Waals surface area (Å²) in [6, 6.07) is 8.28. The number of esters is 1. The quantitative estimate of drug-likeness (QED) is 0.696. The maximum atomic E-state index is 13.5. The summed E-state index contributed by atoms with van der Waals surface area (Å²) in [7, 11) is 0. The number of rotatable bonds is 3. The first kappa shape index (κ1) is 14.2. The average molecular weight is 302 g/mol. The Hall–Kier alpha value is -2.76. The Morgan fingerprint density at radius 2 is 1.82 bits per heavy atom. The third-order valence-corrected chi connectivity index (χ3v) is 3.17. The molecule has 0 amide bonds. The van der Waals surface area contributed by atoms with Crippen molar-refractivity contribution in [2.75, 3.05) is 6.61 Å². The predicted octanol–water partition coefficient (Wildman–Crippen LogP) is 3.46. The zero-order valence-electron chi connectivity index (χ0n) is 11.7. The van der Waals surface area contributed by atoms with Gasteiger partial charge in [-0.2, -0.15) is 0 Å². The molecule has 0 aliphatic heterocycles. The number of carbonyl (C=O) groups excluding carboxylic acids is 1. The molecule has 0 atom stereocenters. The number of imidazole rings is 1. The van der Waals surface area contributed by atoms with E-state index in [0.29, 0.717) is 16.9 Å². The maximum Gasteiger partial charge on any atom is 0.357 e. The van der Waals surface area contributed by atoms with E-state index in [1.165, 1.54) is 47.0 Å². The van der Waals surface area contributed by atoms with E-state index >= 15 is 0 Å². The summed E-state index contributed by atoms with van der Waals surface area (Å²) >= 11 is 0. The van der Waals surface area contributed by atoms with Crippen LogP contribution < -0.4 is 0 Å². The van der Waals surface area contributed by atoms with Crippen molar-refractivity contribution in [3.05, 3.63) is 59.9 Å². The lowest BCUT2D eigenvalue weighted by Crippen LogP contribution is -2.09. The van der Waals surface area contributed by atoms with Gasteiger partial charge in [-0.05, 0) is 43.3 Å².